The van der Waals surface area contributed by atoms with Gasteiger partial charge in [0.1, 0.15) is 29.2 Å². The van der Waals surface area contributed by atoms with Crippen LogP contribution in [0.15, 0.2) is 54.9 Å². The summed E-state index contributed by atoms with van der Waals surface area (Å²) in [6, 6.07) is 14.0. The maximum absolute atomic E-state index is 14.3. The highest BCUT2D eigenvalue weighted by molar-refractivity contribution is 5.86. The van der Waals surface area contributed by atoms with Crippen molar-refractivity contribution in [1.29, 1.82) is 0 Å². The van der Waals surface area contributed by atoms with Crippen molar-refractivity contribution in [3.63, 3.8) is 0 Å². The number of ether oxygens (including phenoxy) is 1. The predicted octanol–water partition coefficient (Wildman–Crippen LogP) is 4.19. The lowest BCUT2D eigenvalue weighted by Gasteiger charge is -2.27. The molecule has 0 amide bonds. The van der Waals surface area contributed by atoms with E-state index in [0.29, 0.717) is 18.7 Å². The largest absolute Gasteiger partial charge is 0.485 e. The minimum Gasteiger partial charge on any atom is -0.485 e. The third-order valence-corrected chi connectivity index (χ3v) is 5.56. The van der Waals surface area contributed by atoms with Gasteiger partial charge in [0.2, 0.25) is 0 Å². The molecule has 1 aliphatic rings. The number of aromatic nitrogens is 3. The smallest absolute Gasteiger partial charge is 0.149 e. The summed E-state index contributed by atoms with van der Waals surface area (Å²) in [5.41, 5.74) is 4.63. The van der Waals surface area contributed by atoms with Crippen LogP contribution < -0.4 is 10.1 Å². The Morgan fingerprint density at radius 3 is 3.03 bits per heavy atom. The van der Waals surface area contributed by atoms with Gasteiger partial charge in [0.25, 0.3) is 0 Å². The molecule has 148 valence electrons. The second kappa shape index (κ2) is 7.44. The van der Waals surface area contributed by atoms with E-state index in [9.17, 15) is 4.39 Å². The van der Waals surface area contributed by atoms with Gasteiger partial charge in [0, 0.05) is 18.1 Å². The summed E-state index contributed by atoms with van der Waals surface area (Å²) in [5, 5.41) is 4.03. The first-order valence-electron chi connectivity index (χ1n) is 10.1. The molecule has 0 spiro atoms. The van der Waals surface area contributed by atoms with Crippen LogP contribution in [-0.2, 0) is 6.42 Å². The zero-order valence-corrected chi connectivity index (χ0v) is 16.3. The lowest BCUT2D eigenvalue weighted by atomic mass is 10.1. The zero-order valence-electron chi connectivity index (χ0n) is 16.3. The van der Waals surface area contributed by atoms with Gasteiger partial charge in [0.15, 0.2) is 0 Å². The fourth-order valence-electron chi connectivity index (χ4n) is 3.88. The van der Waals surface area contributed by atoms with Crippen molar-refractivity contribution >= 4 is 16.6 Å². The molecule has 1 unspecified atom stereocenters. The highest BCUT2D eigenvalue weighted by Gasteiger charge is 2.27. The third-order valence-electron chi connectivity index (χ3n) is 5.56. The van der Waals surface area contributed by atoms with E-state index in [2.05, 4.69) is 29.4 Å². The fraction of sp³-hybridized carbons (Fsp3) is 0.304. The number of fused-ring (bicyclic) bond motifs is 2. The van der Waals surface area contributed by atoms with E-state index in [4.69, 9.17) is 9.72 Å². The number of rotatable bonds is 4. The van der Waals surface area contributed by atoms with Crippen LogP contribution in [0.2, 0.25) is 0 Å². The predicted molar refractivity (Wildman–Crippen MR) is 112 cm³/mol. The Labute approximate surface area is 168 Å². The van der Waals surface area contributed by atoms with Gasteiger partial charge in [-0.2, -0.15) is 0 Å². The minimum atomic E-state index is -1.02. The first-order valence-corrected chi connectivity index (χ1v) is 10.1. The van der Waals surface area contributed by atoms with E-state index in [1.807, 2.05) is 47.1 Å². The van der Waals surface area contributed by atoms with Crippen LogP contribution in [0.1, 0.15) is 18.9 Å². The summed E-state index contributed by atoms with van der Waals surface area (Å²) >= 11 is 0. The summed E-state index contributed by atoms with van der Waals surface area (Å²) in [5.74, 6) is 0.626. The Morgan fingerprint density at radius 2 is 2.17 bits per heavy atom. The second-order valence-electron chi connectivity index (χ2n) is 7.45. The van der Waals surface area contributed by atoms with Crippen LogP contribution >= 0.6 is 0 Å². The number of pyridine rings is 2. The van der Waals surface area contributed by atoms with Gasteiger partial charge in [-0.05, 0) is 49.2 Å². The summed E-state index contributed by atoms with van der Waals surface area (Å²) in [4.78, 5) is 9.42. The molecule has 0 radical (unpaired) electrons. The zero-order chi connectivity index (χ0) is 19.8. The molecule has 1 saturated heterocycles. The topological polar surface area (TPSA) is 51.5 Å². The van der Waals surface area contributed by atoms with Gasteiger partial charge in [0.05, 0.1) is 17.6 Å². The molecule has 1 aromatic carbocycles. The number of hydrogen-bond donors (Lipinski definition) is 1. The summed E-state index contributed by atoms with van der Waals surface area (Å²) in [6.07, 6.45) is 4.03. The first kappa shape index (κ1) is 18.1. The average molecular weight is 390 g/mol. The molecule has 29 heavy (non-hydrogen) atoms. The standard InChI is InChI=1S/C23H23FN4O/c1-2-15-9-11-28-19(14-26-22(28)12-15)18-7-6-16-4-3-5-21(23(16)27-18)29-20-8-10-25-13-17(20)24/h3-7,9,11-12,14,17,20,25H,2,8,10,13H2,1H3/t17-,20?/m0/s1. The molecule has 0 bridgehead atoms. The van der Waals surface area contributed by atoms with Crippen molar-refractivity contribution in [2.75, 3.05) is 13.1 Å². The summed E-state index contributed by atoms with van der Waals surface area (Å²) in [6.45, 7) is 3.22. The van der Waals surface area contributed by atoms with Crippen molar-refractivity contribution in [2.45, 2.75) is 32.0 Å². The van der Waals surface area contributed by atoms with Gasteiger partial charge >= 0.3 is 0 Å². The monoisotopic (exact) mass is 390 g/mol. The number of para-hydroxylation sites is 1. The SMILES string of the molecule is CCc1ccn2c(-c3ccc4cccc(OC5CCNC[C@@H]5F)c4n3)cnc2c1. The normalized spacial score (nSPS) is 19.7. The molecule has 4 heterocycles. The van der Waals surface area contributed by atoms with Gasteiger partial charge in [-0.15, -0.1) is 0 Å². The molecule has 3 aromatic heterocycles. The molecule has 4 aromatic rings. The molecule has 6 heteroatoms. The highest BCUT2D eigenvalue weighted by Crippen LogP contribution is 2.30. The number of piperidine rings is 1. The Kier molecular flexibility index (Phi) is 4.64. The van der Waals surface area contributed by atoms with Crippen molar-refractivity contribution in [1.82, 2.24) is 19.7 Å². The molecule has 0 aliphatic carbocycles. The van der Waals surface area contributed by atoms with Crippen LogP contribution in [-0.4, -0.2) is 39.7 Å². The van der Waals surface area contributed by atoms with Crippen molar-refractivity contribution in [2.24, 2.45) is 0 Å². The van der Waals surface area contributed by atoms with Crippen molar-refractivity contribution in [3.05, 3.63) is 60.4 Å². The van der Waals surface area contributed by atoms with Crippen LogP contribution in [0, 0.1) is 0 Å². The van der Waals surface area contributed by atoms with Crippen LogP contribution in [0.3, 0.4) is 0 Å². The molecule has 5 rings (SSSR count). The molecule has 2 atom stereocenters. The maximum atomic E-state index is 14.3. The van der Waals surface area contributed by atoms with Gasteiger partial charge in [-0.1, -0.05) is 25.1 Å². The van der Waals surface area contributed by atoms with Crippen LogP contribution in [0.25, 0.3) is 27.9 Å². The lowest BCUT2D eigenvalue weighted by molar-refractivity contribution is 0.0743. The lowest BCUT2D eigenvalue weighted by Crippen LogP contribution is -2.44. The first-order chi connectivity index (χ1) is 14.2. The van der Waals surface area contributed by atoms with E-state index >= 15 is 0 Å². The Balaban J connectivity index is 1.56. The van der Waals surface area contributed by atoms with Crippen molar-refractivity contribution < 1.29 is 9.13 Å². The Bertz CT molecular complexity index is 1170. The number of nitrogens with one attached hydrogen (secondary N) is 1. The number of benzene rings is 1. The van der Waals surface area contributed by atoms with Gasteiger partial charge in [-0.3, -0.25) is 4.40 Å². The van der Waals surface area contributed by atoms with E-state index in [-0.39, 0.29) is 0 Å². The number of alkyl halides is 1. The average Bonchev–Trinajstić information content (AvgIpc) is 3.18. The van der Waals surface area contributed by atoms with E-state index < -0.39 is 12.3 Å². The van der Waals surface area contributed by atoms with Gasteiger partial charge < -0.3 is 10.1 Å². The van der Waals surface area contributed by atoms with Crippen molar-refractivity contribution in [3.8, 4) is 17.1 Å². The van der Waals surface area contributed by atoms with Gasteiger partial charge in [-0.25, -0.2) is 14.4 Å². The Morgan fingerprint density at radius 1 is 1.24 bits per heavy atom. The van der Waals surface area contributed by atoms with Crippen LogP contribution in [0.5, 0.6) is 5.75 Å². The second-order valence-corrected chi connectivity index (χ2v) is 7.45. The highest BCUT2D eigenvalue weighted by atomic mass is 19.1. The summed E-state index contributed by atoms with van der Waals surface area (Å²) in [7, 11) is 0. The third kappa shape index (κ3) is 3.34. The number of imidazole rings is 1. The maximum Gasteiger partial charge on any atom is 0.149 e. The summed E-state index contributed by atoms with van der Waals surface area (Å²) < 4.78 is 22.4. The van der Waals surface area contributed by atoms with E-state index in [1.54, 1.807) is 0 Å². The molecule has 0 saturated carbocycles. The number of halogens is 1. The number of aryl methyl sites for hydroxylation is 1. The molecular weight excluding hydrogens is 367 g/mol. The van der Waals surface area contributed by atoms with E-state index in [0.717, 1.165) is 40.9 Å². The molecular formula is C23H23FN4O. The minimum absolute atomic E-state index is 0.329. The Hall–Kier alpha value is -2.99. The van der Waals surface area contributed by atoms with Crippen LogP contribution in [0.4, 0.5) is 4.39 Å². The molecule has 1 fully saturated rings. The fourth-order valence-corrected chi connectivity index (χ4v) is 3.88. The number of hydrogen-bond acceptors (Lipinski definition) is 4. The molecule has 1 aliphatic heterocycles. The molecule has 5 nitrogen and oxygen atoms in total. The van der Waals surface area contributed by atoms with E-state index in [1.165, 1.54) is 5.56 Å². The molecule has 1 N–H and O–H groups in total. The quantitative estimate of drug-likeness (QED) is 0.568. The number of nitrogens with zero attached hydrogens (tertiary/aromatic N) is 3.